The minimum atomic E-state index is 0.419. The van der Waals surface area contributed by atoms with Gasteiger partial charge in [-0.3, -0.25) is 0 Å². The van der Waals surface area contributed by atoms with Crippen LogP contribution in [0.15, 0.2) is 22.7 Å². The molecule has 0 saturated heterocycles. The van der Waals surface area contributed by atoms with Crippen molar-refractivity contribution >= 4 is 21.7 Å². The van der Waals surface area contributed by atoms with E-state index in [1.807, 2.05) is 25.1 Å². The molecule has 0 saturated carbocycles. The summed E-state index contributed by atoms with van der Waals surface area (Å²) in [5, 5.41) is 3.30. The standard InChI is InChI=1S/C15H19BrN4O/c1-4-8-17-15-13(16)12(9-21-3)19-14(20-15)11-7-5-6-10(2)18-11/h5-7H,4,8-9H2,1-3H3,(H,17,19,20). The summed E-state index contributed by atoms with van der Waals surface area (Å²) in [4.78, 5) is 13.6. The van der Waals surface area contributed by atoms with E-state index in [2.05, 4.69) is 43.1 Å². The van der Waals surface area contributed by atoms with Crippen LogP contribution in [0.2, 0.25) is 0 Å². The first kappa shape index (κ1) is 15.9. The Morgan fingerprint density at radius 3 is 2.71 bits per heavy atom. The Morgan fingerprint density at radius 2 is 2.05 bits per heavy atom. The number of methoxy groups -OCH3 is 1. The van der Waals surface area contributed by atoms with Crippen molar-refractivity contribution < 1.29 is 4.74 Å². The second-order valence-electron chi connectivity index (χ2n) is 4.68. The van der Waals surface area contributed by atoms with Gasteiger partial charge < -0.3 is 10.1 Å². The lowest BCUT2D eigenvalue weighted by molar-refractivity contribution is 0.181. The van der Waals surface area contributed by atoms with Crippen molar-refractivity contribution in [2.75, 3.05) is 19.0 Å². The molecule has 2 aromatic heterocycles. The Kier molecular flexibility index (Phi) is 5.64. The van der Waals surface area contributed by atoms with Gasteiger partial charge in [-0.05, 0) is 41.4 Å². The molecular weight excluding hydrogens is 332 g/mol. The molecule has 0 aliphatic rings. The molecule has 0 amide bonds. The monoisotopic (exact) mass is 350 g/mol. The number of pyridine rings is 1. The van der Waals surface area contributed by atoms with Crippen LogP contribution in [-0.4, -0.2) is 28.6 Å². The lowest BCUT2D eigenvalue weighted by Crippen LogP contribution is -2.08. The Bertz CT molecular complexity index is 619. The predicted molar refractivity (Wildman–Crippen MR) is 87.2 cm³/mol. The molecule has 0 aromatic carbocycles. The minimum Gasteiger partial charge on any atom is -0.378 e. The number of hydrogen-bond acceptors (Lipinski definition) is 5. The van der Waals surface area contributed by atoms with Crippen molar-refractivity contribution in [2.45, 2.75) is 26.9 Å². The number of anilines is 1. The van der Waals surface area contributed by atoms with Gasteiger partial charge in [0.05, 0.1) is 16.8 Å². The summed E-state index contributed by atoms with van der Waals surface area (Å²) >= 11 is 3.55. The molecule has 6 heteroatoms. The highest BCUT2D eigenvalue weighted by Crippen LogP contribution is 2.27. The van der Waals surface area contributed by atoms with Gasteiger partial charge in [0, 0.05) is 19.3 Å². The van der Waals surface area contributed by atoms with E-state index in [-0.39, 0.29) is 0 Å². The average Bonchev–Trinajstić information content (AvgIpc) is 2.48. The summed E-state index contributed by atoms with van der Waals surface area (Å²) < 4.78 is 6.06. The van der Waals surface area contributed by atoms with Crippen LogP contribution in [0.4, 0.5) is 5.82 Å². The van der Waals surface area contributed by atoms with Gasteiger partial charge in [-0.25, -0.2) is 15.0 Å². The Balaban J connectivity index is 2.47. The number of aromatic nitrogens is 3. The summed E-state index contributed by atoms with van der Waals surface area (Å²) in [5.41, 5.74) is 2.51. The van der Waals surface area contributed by atoms with E-state index in [1.165, 1.54) is 0 Å². The number of rotatable bonds is 6. The average molecular weight is 351 g/mol. The van der Waals surface area contributed by atoms with Crippen molar-refractivity contribution in [3.05, 3.63) is 34.1 Å². The van der Waals surface area contributed by atoms with Crippen LogP contribution >= 0.6 is 15.9 Å². The number of ether oxygens (including phenoxy) is 1. The summed E-state index contributed by atoms with van der Waals surface area (Å²) in [6, 6.07) is 5.82. The van der Waals surface area contributed by atoms with Crippen LogP contribution in [0.1, 0.15) is 24.7 Å². The third-order valence-electron chi connectivity index (χ3n) is 2.86. The van der Waals surface area contributed by atoms with Gasteiger partial charge in [0.15, 0.2) is 5.82 Å². The zero-order chi connectivity index (χ0) is 15.2. The summed E-state index contributed by atoms with van der Waals surface area (Å²) in [5.74, 6) is 1.38. The van der Waals surface area contributed by atoms with Crippen LogP contribution in [-0.2, 0) is 11.3 Å². The third kappa shape index (κ3) is 3.98. The summed E-state index contributed by atoms with van der Waals surface area (Å²) in [7, 11) is 1.65. The van der Waals surface area contributed by atoms with E-state index in [0.717, 1.165) is 40.3 Å². The second kappa shape index (κ2) is 7.47. The fourth-order valence-electron chi connectivity index (χ4n) is 1.87. The quantitative estimate of drug-likeness (QED) is 0.862. The topological polar surface area (TPSA) is 59.9 Å². The first-order chi connectivity index (χ1) is 10.2. The summed E-state index contributed by atoms with van der Waals surface area (Å²) in [6.45, 7) is 5.33. The molecule has 5 nitrogen and oxygen atoms in total. The van der Waals surface area contributed by atoms with Gasteiger partial charge in [-0.15, -0.1) is 0 Å². The Labute approximate surface area is 133 Å². The first-order valence-electron chi connectivity index (χ1n) is 6.89. The number of nitrogens with zero attached hydrogens (tertiary/aromatic N) is 3. The SMILES string of the molecule is CCCNc1nc(-c2cccc(C)n2)nc(COC)c1Br. The maximum absolute atomic E-state index is 5.21. The van der Waals surface area contributed by atoms with Crippen LogP contribution in [0.3, 0.4) is 0 Å². The second-order valence-corrected chi connectivity index (χ2v) is 5.47. The zero-order valence-corrected chi connectivity index (χ0v) is 14.1. The van der Waals surface area contributed by atoms with Crippen LogP contribution < -0.4 is 5.32 Å². The Hall–Kier alpha value is -1.53. The maximum atomic E-state index is 5.21. The molecule has 112 valence electrons. The zero-order valence-electron chi connectivity index (χ0n) is 12.5. The van der Waals surface area contributed by atoms with E-state index in [0.29, 0.717) is 12.4 Å². The molecule has 21 heavy (non-hydrogen) atoms. The number of aryl methyl sites for hydroxylation is 1. The van der Waals surface area contributed by atoms with Crippen molar-refractivity contribution in [2.24, 2.45) is 0 Å². The van der Waals surface area contributed by atoms with Gasteiger partial charge >= 0.3 is 0 Å². The van der Waals surface area contributed by atoms with Crippen LogP contribution in [0.25, 0.3) is 11.5 Å². The highest BCUT2D eigenvalue weighted by molar-refractivity contribution is 9.10. The predicted octanol–water partition coefficient (Wildman–Crippen LogP) is 3.58. The molecule has 0 unspecified atom stereocenters. The molecule has 0 atom stereocenters. The number of halogens is 1. The van der Waals surface area contributed by atoms with Gasteiger partial charge in [-0.2, -0.15) is 0 Å². The maximum Gasteiger partial charge on any atom is 0.180 e. The molecule has 0 fully saturated rings. The van der Waals surface area contributed by atoms with E-state index >= 15 is 0 Å². The molecule has 2 aromatic rings. The molecular formula is C15H19BrN4O. The van der Waals surface area contributed by atoms with Crippen molar-refractivity contribution in [3.8, 4) is 11.5 Å². The van der Waals surface area contributed by atoms with Gasteiger partial charge in [-0.1, -0.05) is 13.0 Å². The number of hydrogen-bond donors (Lipinski definition) is 1. The molecule has 2 heterocycles. The van der Waals surface area contributed by atoms with E-state index in [9.17, 15) is 0 Å². The molecule has 2 rings (SSSR count). The van der Waals surface area contributed by atoms with Crippen molar-refractivity contribution in [3.63, 3.8) is 0 Å². The molecule has 0 spiro atoms. The fourth-order valence-corrected chi connectivity index (χ4v) is 2.30. The normalized spacial score (nSPS) is 10.7. The van der Waals surface area contributed by atoms with E-state index in [4.69, 9.17) is 4.74 Å². The molecule has 0 aliphatic heterocycles. The van der Waals surface area contributed by atoms with E-state index in [1.54, 1.807) is 7.11 Å². The molecule has 0 radical (unpaired) electrons. The van der Waals surface area contributed by atoms with Crippen LogP contribution in [0, 0.1) is 6.92 Å². The first-order valence-corrected chi connectivity index (χ1v) is 7.68. The number of nitrogens with one attached hydrogen (secondary N) is 1. The van der Waals surface area contributed by atoms with Gasteiger partial charge in [0.2, 0.25) is 0 Å². The molecule has 1 N–H and O–H groups in total. The van der Waals surface area contributed by atoms with Crippen LogP contribution in [0.5, 0.6) is 0 Å². The highest BCUT2D eigenvalue weighted by atomic mass is 79.9. The molecule has 0 aliphatic carbocycles. The Morgan fingerprint density at radius 1 is 1.24 bits per heavy atom. The lowest BCUT2D eigenvalue weighted by Gasteiger charge is -2.12. The van der Waals surface area contributed by atoms with Gasteiger partial charge in [0.25, 0.3) is 0 Å². The van der Waals surface area contributed by atoms with Gasteiger partial charge in [0.1, 0.15) is 11.5 Å². The smallest absolute Gasteiger partial charge is 0.180 e. The fraction of sp³-hybridized carbons (Fsp3) is 0.400. The van der Waals surface area contributed by atoms with E-state index < -0.39 is 0 Å². The van der Waals surface area contributed by atoms with Crippen molar-refractivity contribution in [1.29, 1.82) is 0 Å². The summed E-state index contributed by atoms with van der Waals surface area (Å²) in [6.07, 6.45) is 1.02. The van der Waals surface area contributed by atoms with Crippen molar-refractivity contribution in [1.82, 2.24) is 15.0 Å². The highest BCUT2D eigenvalue weighted by Gasteiger charge is 2.14. The largest absolute Gasteiger partial charge is 0.378 e. The lowest BCUT2D eigenvalue weighted by atomic mass is 10.3. The third-order valence-corrected chi connectivity index (χ3v) is 3.69. The molecule has 0 bridgehead atoms. The minimum absolute atomic E-state index is 0.419.